The van der Waals surface area contributed by atoms with Crippen molar-refractivity contribution in [3.05, 3.63) is 35.4 Å². The number of aromatic carboxylic acids is 1. The van der Waals surface area contributed by atoms with E-state index >= 15 is 0 Å². The number of likely N-dealkylation sites (N-methyl/N-ethyl adjacent to an activating group) is 1. The smallest absolute Gasteiger partial charge is 0.335 e. The molecule has 1 aliphatic rings. The summed E-state index contributed by atoms with van der Waals surface area (Å²) in [6.07, 6.45) is 0.301. The number of nitrogens with zero attached hydrogens (tertiary/aromatic N) is 1. The first-order valence-electron chi connectivity index (χ1n) is 5.85. The summed E-state index contributed by atoms with van der Waals surface area (Å²) in [5.41, 5.74) is 0.513. The summed E-state index contributed by atoms with van der Waals surface area (Å²) in [6.45, 7) is 0.498. The van der Waals surface area contributed by atoms with Gasteiger partial charge in [0.05, 0.1) is 11.6 Å². The number of carboxylic acid groups (broad SMARTS) is 1. The number of rotatable bonds is 3. The van der Waals surface area contributed by atoms with Crippen molar-refractivity contribution < 1.29 is 19.5 Å². The molecular formula is C13H14N2O4. The van der Waals surface area contributed by atoms with Crippen LogP contribution in [0.3, 0.4) is 0 Å². The van der Waals surface area contributed by atoms with E-state index in [4.69, 9.17) is 5.11 Å². The van der Waals surface area contributed by atoms with Crippen LogP contribution in [0.1, 0.15) is 27.1 Å². The Bertz CT molecular complexity index is 524. The predicted molar refractivity (Wildman–Crippen MR) is 66.9 cm³/mol. The molecule has 1 aromatic rings. The molecule has 0 spiro atoms. The zero-order valence-corrected chi connectivity index (χ0v) is 10.4. The average molecular weight is 262 g/mol. The lowest BCUT2D eigenvalue weighted by atomic mass is 10.1. The van der Waals surface area contributed by atoms with Gasteiger partial charge in [0.15, 0.2) is 0 Å². The Morgan fingerprint density at radius 2 is 1.84 bits per heavy atom. The molecule has 6 heteroatoms. The van der Waals surface area contributed by atoms with Gasteiger partial charge in [0.25, 0.3) is 5.91 Å². The number of likely N-dealkylation sites (tertiary alicyclic amines) is 1. The number of nitrogens with one attached hydrogen (secondary N) is 1. The molecule has 1 aliphatic heterocycles. The monoisotopic (exact) mass is 262 g/mol. The zero-order chi connectivity index (χ0) is 14.0. The number of carbonyl (C=O) groups is 3. The standard InChI is InChI=1S/C13H14N2O4/c1-15-7-10(6-11(15)16)14-12(17)8-2-4-9(5-3-8)13(18)19/h2-5,10H,6-7H2,1H3,(H,14,17)(H,18,19). The molecule has 6 nitrogen and oxygen atoms in total. The summed E-state index contributed by atoms with van der Waals surface area (Å²) in [6, 6.07) is 5.48. The fourth-order valence-electron chi connectivity index (χ4n) is 1.99. The lowest BCUT2D eigenvalue weighted by Crippen LogP contribution is -2.36. The highest BCUT2D eigenvalue weighted by Crippen LogP contribution is 2.10. The van der Waals surface area contributed by atoms with E-state index in [-0.39, 0.29) is 23.4 Å². The Morgan fingerprint density at radius 1 is 1.26 bits per heavy atom. The van der Waals surface area contributed by atoms with Crippen molar-refractivity contribution in [2.75, 3.05) is 13.6 Å². The Hall–Kier alpha value is -2.37. The van der Waals surface area contributed by atoms with E-state index in [0.29, 0.717) is 18.5 Å². The second kappa shape index (κ2) is 5.09. The van der Waals surface area contributed by atoms with Gasteiger partial charge < -0.3 is 15.3 Å². The molecular weight excluding hydrogens is 248 g/mol. The molecule has 1 aromatic carbocycles. The van der Waals surface area contributed by atoms with Gasteiger partial charge in [0.1, 0.15) is 0 Å². The number of hydrogen-bond acceptors (Lipinski definition) is 3. The van der Waals surface area contributed by atoms with Crippen molar-refractivity contribution in [1.82, 2.24) is 10.2 Å². The SMILES string of the molecule is CN1CC(NC(=O)c2ccc(C(=O)O)cc2)CC1=O. The summed E-state index contributed by atoms with van der Waals surface area (Å²) in [7, 11) is 1.69. The zero-order valence-electron chi connectivity index (χ0n) is 10.4. The number of amides is 2. The maximum atomic E-state index is 11.9. The summed E-state index contributed by atoms with van der Waals surface area (Å²) in [5, 5.41) is 11.5. The Balaban J connectivity index is 2.00. The van der Waals surface area contributed by atoms with Crippen molar-refractivity contribution >= 4 is 17.8 Å². The first-order chi connectivity index (χ1) is 8.97. The summed E-state index contributed by atoms with van der Waals surface area (Å²) in [4.78, 5) is 35.5. The highest BCUT2D eigenvalue weighted by Gasteiger charge is 2.28. The molecule has 100 valence electrons. The molecule has 0 aliphatic carbocycles. The van der Waals surface area contributed by atoms with Crippen LogP contribution >= 0.6 is 0 Å². The fraction of sp³-hybridized carbons (Fsp3) is 0.308. The molecule has 1 unspecified atom stereocenters. The second-order valence-electron chi connectivity index (χ2n) is 4.53. The number of carbonyl (C=O) groups excluding carboxylic acids is 2. The van der Waals surface area contributed by atoms with Gasteiger partial charge in [-0.15, -0.1) is 0 Å². The topological polar surface area (TPSA) is 86.7 Å². The van der Waals surface area contributed by atoms with Crippen LogP contribution in [-0.4, -0.2) is 47.4 Å². The van der Waals surface area contributed by atoms with E-state index in [0.717, 1.165) is 0 Å². The molecule has 2 amide bonds. The van der Waals surface area contributed by atoms with Gasteiger partial charge in [-0.2, -0.15) is 0 Å². The fourth-order valence-corrected chi connectivity index (χ4v) is 1.99. The van der Waals surface area contributed by atoms with Crippen LogP contribution in [-0.2, 0) is 4.79 Å². The van der Waals surface area contributed by atoms with Crippen LogP contribution in [0.15, 0.2) is 24.3 Å². The molecule has 1 atom stereocenters. The summed E-state index contributed by atoms with van der Waals surface area (Å²) in [5.74, 6) is -1.33. The predicted octanol–water partition coefficient (Wildman–Crippen LogP) is 0.345. The van der Waals surface area contributed by atoms with Crippen LogP contribution < -0.4 is 5.32 Å². The van der Waals surface area contributed by atoms with Gasteiger partial charge in [-0.25, -0.2) is 4.79 Å². The number of carboxylic acids is 1. The van der Waals surface area contributed by atoms with E-state index in [1.807, 2.05) is 0 Å². The van der Waals surface area contributed by atoms with Gasteiger partial charge in [-0.05, 0) is 24.3 Å². The van der Waals surface area contributed by atoms with Crippen LogP contribution in [0.25, 0.3) is 0 Å². The molecule has 1 fully saturated rings. The molecule has 0 radical (unpaired) electrons. The molecule has 19 heavy (non-hydrogen) atoms. The minimum Gasteiger partial charge on any atom is -0.478 e. The first kappa shape index (κ1) is 13.1. The largest absolute Gasteiger partial charge is 0.478 e. The van der Waals surface area contributed by atoms with E-state index in [9.17, 15) is 14.4 Å². The van der Waals surface area contributed by atoms with Gasteiger partial charge in [-0.3, -0.25) is 9.59 Å². The van der Waals surface area contributed by atoms with Crippen LogP contribution in [0, 0.1) is 0 Å². The normalized spacial score (nSPS) is 18.5. The van der Waals surface area contributed by atoms with E-state index in [1.54, 1.807) is 11.9 Å². The maximum Gasteiger partial charge on any atom is 0.335 e. The average Bonchev–Trinajstić information content (AvgIpc) is 2.68. The lowest BCUT2D eigenvalue weighted by molar-refractivity contribution is -0.126. The Morgan fingerprint density at radius 3 is 2.32 bits per heavy atom. The molecule has 0 saturated carbocycles. The number of hydrogen-bond donors (Lipinski definition) is 2. The highest BCUT2D eigenvalue weighted by atomic mass is 16.4. The van der Waals surface area contributed by atoms with Crippen molar-refractivity contribution in [2.24, 2.45) is 0 Å². The van der Waals surface area contributed by atoms with Gasteiger partial charge in [0.2, 0.25) is 5.91 Å². The molecule has 0 aromatic heterocycles. The van der Waals surface area contributed by atoms with Crippen LogP contribution in [0.2, 0.25) is 0 Å². The van der Waals surface area contributed by atoms with Gasteiger partial charge in [0, 0.05) is 25.6 Å². The molecule has 2 N–H and O–H groups in total. The highest BCUT2D eigenvalue weighted by molar-refractivity contribution is 5.96. The molecule has 2 rings (SSSR count). The van der Waals surface area contributed by atoms with E-state index in [2.05, 4.69) is 5.32 Å². The van der Waals surface area contributed by atoms with Crippen LogP contribution in [0.4, 0.5) is 0 Å². The molecule has 1 heterocycles. The van der Waals surface area contributed by atoms with Crippen molar-refractivity contribution in [2.45, 2.75) is 12.5 Å². The third kappa shape index (κ3) is 2.90. The van der Waals surface area contributed by atoms with E-state index in [1.165, 1.54) is 24.3 Å². The van der Waals surface area contributed by atoms with E-state index < -0.39 is 5.97 Å². The minimum absolute atomic E-state index is 0.00604. The van der Waals surface area contributed by atoms with Gasteiger partial charge in [-0.1, -0.05) is 0 Å². The third-order valence-electron chi connectivity index (χ3n) is 3.07. The Labute approximate surface area is 110 Å². The van der Waals surface area contributed by atoms with Crippen molar-refractivity contribution in [3.63, 3.8) is 0 Å². The lowest BCUT2D eigenvalue weighted by Gasteiger charge is -2.12. The molecule has 1 saturated heterocycles. The third-order valence-corrected chi connectivity index (χ3v) is 3.07. The first-order valence-corrected chi connectivity index (χ1v) is 5.85. The van der Waals surface area contributed by atoms with Crippen molar-refractivity contribution in [1.29, 1.82) is 0 Å². The Kier molecular flexibility index (Phi) is 3.50. The minimum atomic E-state index is -1.03. The maximum absolute atomic E-state index is 11.9. The van der Waals surface area contributed by atoms with Crippen LogP contribution in [0.5, 0.6) is 0 Å². The summed E-state index contributed by atoms with van der Waals surface area (Å²) < 4.78 is 0. The second-order valence-corrected chi connectivity index (χ2v) is 4.53. The summed E-state index contributed by atoms with van der Waals surface area (Å²) >= 11 is 0. The van der Waals surface area contributed by atoms with Gasteiger partial charge >= 0.3 is 5.97 Å². The molecule has 0 bridgehead atoms. The quantitative estimate of drug-likeness (QED) is 0.822. The van der Waals surface area contributed by atoms with Crippen molar-refractivity contribution in [3.8, 4) is 0 Å². The number of benzene rings is 1.